The van der Waals surface area contributed by atoms with E-state index in [0.717, 1.165) is 16.9 Å². The lowest BCUT2D eigenvalue weighted by Gasteiger charge is -2.13. The quantitative estimate of drug-likeness (QED) is 0.342. The van der Waals surface area contributed by atoms with E-state index in [1.165, 1.54) is 0 Å². The molecule has 4 aromatic rings. The number of methoxy groups -OCH3 is 1. The second kappa shape index (κ2) is 9.79. The van der Waals surface area contributed by atoms with Gasteiger partial charge in [0.2, 0.25) is 0 Å². The summed E-state index contributed by atoms with van der Waals surface area (Å²) in [7, 11) is 3.39. The van der Waals surface area contributed by atoms with Crippen molar-refractivity contribution in [3.8, 4) is 17.2 Å². The van der Waals surface area contributed by atoms with Crippen molar-refractivity contribution in [1.29, 1.82) is 0 Å². The number of ether oxygens (including phenoxy) is 2. The number of halogens is 1. The summed E-state index contributed by atoms with van der Waals surface area (Å²) in [4.78, 5) is 17.5. The Morgan fingerprint density at radius 3 is 2.36 bits per heavy atom. The predicted octanol–water partition coefficient (Wildman–Crippen LogP) is 5.48. The number of hydrogen-bond donors (Lipinski definition) is 0. The number of para-hydroxylation sites is 1. The van der Waals surface area contributed by atoms with Crippen LogP contribution in [0.2, 0.25) is 5.02 Å². The zero-order valence-electron chi connectivity index (χ0n) is 18.7. The summed E-state index contributed by atoms with van der Waals surface area (Å²) in [5.74, 6) is 0.953. The average molecular weight is 462 g/mol. The number of aromatic nitrogens is 2. The van der Waals surface area contributed by atoms with E-state index in [1.807, 2.05) is 74.6 Å². The number of hydrogen-bond acceptors (Lipinski definition) is 4. The lowest BCUT2D eigenvalue weighted by molar-refractivity contribution is 0.284. The van der Waals surface area contributed by atoms with E-state index in [-0.39, 0.29) is 5.56 Å². The largest absolute Gasteiger partial charge is 0.493 e. The van der Waals surface area contributed by atoms with Gasteiger partial charge in [-0.1, -0.05) is 60.1 Å². The van der Waals surface area contributed by atoms with E-state index in [1.54, 1.807) is 34.8 Å². The van der Waals surface area contributed by atoms with Crippen molar-refractivity contribution < 1.29 is 9.47 Å². The van der Waals surface area contributed by atoms with Crippen molar-refractivity contribution in [1.82, 2.24) is 9.36 Å². The standard InChI is InChI=1S/C26H24ClN3O3/c1-18-24(26(31)30(29(18)2)21-12-8-5-9-13-21)28-16-20-14-22(27)25(23(15-20)32-3)33-17-19-10-6-4-7-11-19/h4-16H,17H2,1-3H3. The molecular weight excluding hydrogens is 438 g/mol. The van der Waals surface area contributed by atoms with E-state index >= 15 is 0 Å². The highest BCUT2D eigenvalue weighted by atomic mass is 35.5. The van der Waals surface area contributed by atoms with Crippen molar-refractivity contribution in [2.75, 3.05) is 7.11 Å². The molecule has 0 fully saturated rings. The number of nitrogens with zero attached hydrogens (tertiary/aromatic N) is 3. The van der Waals surface area contributed by atoms with Crippen molar-refractivity contribution in [2.24, 2.45) is 12.0 Å². The van der Waals surface area contributed by atoms with Gasteiger partial charge in [0.15, 0.2) is 17.2 Å². The van der Waals surface area contributed by atoms with Crippen LogP contribution in [0.1, 0.15) is 16.8 Å². The van der Waals surface area contributed by atoms with E-state index in [4.69, 9.17) is 21.1 Å². The molecule has 0 atom stereocenters. The maximum Gasteiger partial charge on any atom is 0.297 e. The molecule has 0 saturated heterocycles. The van der Waals surface area contributed by atoms with Crippen molar-refractivity contribution in [3.05, 3.63) is 105 Å². The first-order valence-electron chi connectivity index (χ1n) is 10.4. The second-order valence-electron chi connectivity index (χ2n) is 7.48. The van der Waals surface area contributed by atoms with Crippen LogP contribution in [0, 0.1) is 6.92 Å². The number of rotatable bonds is 7. The summed E-state index contributed by atoms with van der Waals surface area (Å²) in [6.07, 6.45) is 1.61. The zero-order chi connectivity index (χ0) is 23.4. The molecule has 0 N–H and O–H groups in total. The third-order valence-corrected chi connectivity index (χ3v) is 5.63. The Kier molecular flexibility index (Phi) is 6.66. The molecule has 7 heteroatoms. The third-order valence-electron chi connectivity index (χ3n) is 5.34. The SMILES string of the molecule is COc1cc(C=Nc2c(C)n(C)n(-c3ccccc3)c2=O)cc(Cl)c1OCc1ccccc1. The highest BCUT2D eigenvalue weighted by molar-refractivity contribution is 6.32. The molecule has 0 spiro atoms. The summed E-state index contributed by atoms with van der Waals surface area (Å²) >= 11 is 6.50. The van der Waals surface area contributed by atoms with Crippen LogP contribution < -0.4 is 15.0 Å². The lowest BCUT2D eigenvalue weighted by atomic mass is 10.2. The molecule has 0 aliphatic heterocycles. The lowest BCUT2D eigenvalue weighted by Crippen LogP contribution is -2.19. The third kappa shape index (κ3) is 4.71. The van der Waals surface area contributed by atoms with Gasteiger partial charge in [-0.25, -0.2) is 9.67 Å². The molecule has 0 unspecified atom stereocenters. The summed E-state index contributed by atoms with van der Waals surface area (Å²) in [6, 6.07) is 22.8. The number of benzene rings is 3. The smallest absolute Gasteiger partial charge is 0.297 e. The average Bonchev–Trinajstić information content (AvgIpc) is 3.05. The molecule has 0 amide bonds. The van der Waals surface area contributed by atoms with Crippen molar-refractivity contribution >= 4 is 23.5 Å². The first kappa shape index (κ1) is 22.4. The molecule has 6 nitrogen and oxygen atoms in total. The zero-order valence-corrected chi connectivity index (χ0v) is 19.4. The highest BCUT2D eigenvalue weighted by Crippen LogP contribution is 2.36. The maximum atomic E-state index is 13.1. The van der Waals surface area contributed by atoms with Crippen LogP contribution in [0.25, 0.3) is 5.69 Å². The van der Waals surface area contributed by atoms with E-state index in [0.29, 0.717) is 34.4 Å². The Hall–Kier alpha value is -3.77. The molecule has 0 saturated carbocycles. The van der Waals surface area contributed by atoms with Crippen LogP contribution in [0.5, 0.6) is 11.5 Å². The Balaban J connectivity index is 1.63. The molecule has 0 aliphatic rings. The first-order chi connectivity index (χ1) is 16.0. The van der Waals surface area contributed by atoms with Gasteiger partial charge in [0.05, 0.1) is 23.5 Å². The maximum absolute atomic E-state index is 13.1. The van der Waals surface area contributed by atoms with Gasteiger partial charge >= 0.3 is 0 Å². The molecule has 33 heavy (non-hydrogen) atoms. The molecule has 0 aliphatic carbocycles. The van der Waals surface area contributed by atoms with Gasteiger partial charge in [-0.15, -0.1) is 0 Å². The molecular formula is C26H24ClN3O3. The Labute approximate surface area is 197 Å². The summed E-state index contributed by atoms with van der Waals surface area (Å²) < 4.78 is 14.8. The summed E-state index contributed by atoms with van der Waals surface area (Å²) in [6.45, 7) is 2.23. The van der Waals surface area contributed by atoms with Crippen LogP contribution in [0.3, 0.4) is 0 Å². The fourth-order valence-corrected chi connectivity index (χ4v) is 3.80. The van der Waals surface area contributed by atoms with E-state index in [9.17, 15) is 4.79 Å². The van der Waals surface area contributed by atoms with Crippen LogP contribution in [0.4, 0.5) is 5.69 Å². The minimum absolute atomic E-state index is 0.196. The topological polar surface area (TPSA) is 57.8 Å². The van der Waals surface area contributed by atoms with Gasteiger partial charge < -0.3 is 9.47 Å². The minimum Gasteiger partial charge on any atom is -0.493 e. The molecule has 4 rings (SSSR count). The molecule has 0 bridgehead atoms. The Morgan fingerprint density at radius 1 is 1.03 bits per heavy atom. The van der Waals surface area contributed by atoms with E-state index in [2.05, 4.69) is 4.99 Å². The summed E-state index contributed by atoms with van der Waals surface area (Å²) in [5, 5.41) is 0.401. The summed E-state index contributed by atoms with van der Waals surface area (Å²) in [5.41, 5.74) is 3.41. The van der Waals surface area contributed by atoms with Gasteiger partial charge in [-0.05, 0) is 42.3 Å². The normalized spacial score (nSPS) is 11.2. The minimum atomic E-state index is -0.196. The molecule has 1 aromatic heterocycles. The molecule has 0 radical (unpaired) electrons. The first-order valence-corrected chi connectivity index (χ1v) is 10.8. The van der Waals surface area contributed by atoms with Crippen molar-refractivity contribution in [3.63, 3.8) is 0 Å². The number of aliphatic imine (C=N–C) groups is 1. The van der Waals surface area contributed by atoms with Crippen LogP contribution in [0.15, 0.2) is 82.6 Å². The fraction of sp³-hybridized carbons (Fsp3) is 0.154. The fourth-order valence-electron chi connectivity index (χ4n) is 3.53. The molecule has 3 aromatic carbocycles. The van der Waals surface area contributed by atoms with Crippen LogP contribution in [-0.4, -0.2) is 22.7 Å². The van der Waals surface area contributed by atoms with Crippen molar-refractivity contribution in [2.45, 2.75) is 13.5 Å². The Morgan fingerprint density at radius 2 is 1.70 bits per heavy atom. The van der Waals surface area contributed by atoms with E-state index < -0.39 is 0 Å². The second-order valence-corrected chi connectivity index (χ2v) is 7.88. The molecule has 168 valence electrons. The van der Waals surface area contributed by atoms with Crippen LogP contribution >= 0.6 is 11.6 Å². The van der Waals surface area contributed by atoms with Gasteiger partial charge in [-0.3, -0.25) is 9.48 Å². The highest BCUT2D eigenvalue weighted by Gasteiger charge is 2.16. The Bertz CT molecular complexity index is 1340. The predicted molar refractivity (Wildman–Crippen MR) is 132 cm³/mol. The van der Waals surface area contributed by atoms with Crippen LogP contribution in [-0.2, 0) is 13.7 Å². The monoisotopic (exact) mass is 461 g/mol. The van der Waals surface area contributed by atoms with Gasteiger partial charge in [0.25, 0.3) is 5.56 Å². The van der Waals surface area contributed by atoms with Gasteiger partial charge in [0.1, 0.15) is 6.61 Å². The van der Waals surface area contributed by atoms with Gasteiger partial charge in [0, 0.05) is 13.3 Å². The molecule has 1 heterocycles. The van der Waals surface area contributed by atoms with Gasteiger partial charge in [-0.2, -0.15) is 0 Å².